The van der Waals surface area contributed by atoms with E-state index in [0.717, 1.165) is 43.2 Å². The van der Waals surface area contributed by atoms with E-state index in [1.807, 2.05) is 30.3 Å². The molecule has 4 amide bonds. The second-order valence-electron chi connectivity index (χ2n) is 16.4. The van der Waals surface area contributed by atoms with E-state index in [1.165, 1.54) is 13.3 Å². The van der Waals surface area contributed by atoms with Crippen LogP contribution in [-0.4, -0.2) is 78.6 Å². The van der Waals surface area contributed by atoms with Gasteiger partial charge in [0.05, 0.1) is 44.1 Å². The Hall–Kier alpha value is -5.86. The van der Waals surface area contributed by atoms with Crippen LogP contribution in [0.2, 0.25) is 0 Å². The average Bonchev–Trinajstić information content (AvgIpc) is 3.50. The van der Waals surface area contributed by atoms with Crippen LogP contribution in [0.4, 0.5) is 13.2 Å². The molecule has 3 aromatic rings. The summed E-state index contributed by atoms with van der Waals surface area (Å²) in [5.74, 6) is -4.50. The first-order chi connectivity index (χ1) is 29.7. The van der Waals surface area contributed by atoms with Crippen molar-refractivity contribution in [2.45, 2.75) is 89.8 Å². The minimum atomic E-state index is -4.16. The van der Waals surface area contributed by atoms with Gasteiger partial charge in [0.1, 0.15) is 17.2 Å². The highest BCUT2D eigenvalue weighted by molar-refractivity contribution is 6.28. The molecular weight excluding hydrogens is 806 g/mol. The number of hydrogen-bond donors (Lipinski definition) is 2. The van der Waals surface area contributed by atoms with Crippen LogP contribution in [0.1, 0.15) is 119 Å². The molecule has 1 saturated carbocycles. The molecule has 330 valence electrons. The third-order valence-electron chi connectivity index (χ3n) is 12.0. The van der Waals surface area contributed by atoms with Gasteiger partial charge in [-0.3, -0.25) is 34.1 Å². The Balaban J connectivity index is 0.870. The number of nitrogens with one attached hydrogen (secondary N) is 2. The Kier molecular flexibility index (Phi) is 15.3. The van der Waals surface area contributed by atoms with Gasteiger partial charge in [-0.05, 0) is 86.3 Å². The summed E-state index contributed by atoms with van der Waals surface area (Å²) in [7, 11) is 3.27. The lowest BCUT2D eigenvalue weighted by atomic mass is 9.81. The van der Waals surface area contributed by atoms with Crippen molar-refractivity contribution in [3.05, 3.63) is 94.3 Å². The number of unbranched alkanes of at least 4 members (excludes halogenated alkanes) is 4. The van der Waals surface area contributed by atoms with Crippen LogP contribution in [0.5, 0.6) is 11.5 Å². The summed E-state index contributed by atoms with van der Waals surface area (Å²) in [5, 5.41) is 5.10. The number of rotatable bonds is 18. The first kappa shape index (κ1) is 45.7. The maximum atomic E-state index is 13.1. The van der Waals surface area contributed by atoms with Crippen LogP contribution in [-0.2, 0) is 27.3 Å². The lowest BCUT2D eigenvalue weighted by molar-refractivity contribution is -0.183. The highest BCUT2D eigenvalue weighted by Crippen LogP contribution is 2.40. The van der Waals surface area contributed by atoms with E-state index in [0.29, 0.717) is 43.1 Å². The molecule has 0 radical (unpaired) electrons. The topological polar surface area (TPSA) is 161 Å². The number of amides is 4. The molecule has 0 bridgehead atoms. The number of carbonyl (C=O) groups is 6. The smallest absolute Gasteiger partial charge is 0.391 e. The molecule has 2 aliphatic carbocycles. The molecule has 62 heavy (non-hydrogen) atoms. The summed E-state index contributed by atoms with van der Waals surface area (Å²) in [6.07, 6.45) is 6.92. The lowest BCUT2D eigenvalue weighted by Gasteiger charge is -2.28. The third kappa shape index (κ3) is 11.7. The quantitative estimate of drug-likeness (QED) is 0.0751. The molecular formula is C47H53F3N4O8. The molecule has 3 aliphatic rings. The van der Waals surface area contributed by atoms with Crippen molar-refractivity contribution in [3.63, 3.8) is 0 Å². The van der Waals surface area contributed by atoms with Crippen molar-refractivity contribution in [1.29, 1.82) is 0 Å². The number of piperidine rings is 1. The van der Waals surface area contributed by atoms with Gasteiger partial charge < -0.3 is 19.7 Å². The zero-order valence-electron chi connectivity index (χ0n) is 35.1. The molecule has 2 aromatic carbocycles. The summed E-state index contributed by atoms with van der Waals surface area (Å²) in [6, 6.07) is 13.8. The zero-order valence-corrected chi connectivity index (χ0v) is 35.1. The molecule has 2 N–H and O–H groups in total. The van der Waals surface area contributed by atoms with Gasteiger partial charge in [0.2, 0.25) is 17.7 Å². The number of carbonyl (C=O) groups excluding carboxylic acids is 6. The first-order valence-corrected chi connectivity index (χ1v) is 21.3. The van der Waals surface area contributed by atoms with Crippen molar-refractivity contribution < 1.29 is 51.4 Å². The molecule has 1 aliphatic heterocycles. The summed E-state index contributed by atoms with van der Waals surface area (Å²) in [4.78, 5) is 82.1. The number of methoxy groups -OCH3 is 1. The highest BCUT2D eigenvalue weighted by atomic mass is 19.4. The van der Waals surface area contributed by atoms with Crippen molar-refractivity contribution in [3.8, 4) is 11.5 Å². The normalized spacial score (nSPS) is 20.2. The monoisotopic (exact) mass is 858 g/mol. The molecule has 2 atom stereocenters. The molecule has 15 heteroatoms. The number of nitrogens with zero attached hydrogens (tertiary/aromatic N) is 2. The summed E-state index contributed by atoms with van der Waals surface area (Å²) < 4.78 is 50.5. The summed E-state index contributed by atoms with van der Waals surface area (Å²) >= 11 is 0. The third-order valence-corrected chi connectivity index (χ3v) is 12.0. The van der Waals surface area contributed by atoms with Gasteiger partial charge in [-0.15, -0.1) is 0 Å². The highest BCUT2D eigenvalue weighted by Gasteiger charge is 2.47. The maximum absolute atomic E-state index is 13.1. The van der Waals surface area contributed by atoms with Gasteiger partial charge in [0.25, 0.3) is 5.91 Å². The zero-order chi connectivity index (χ0) is 44.4. The molecule has 12 nitrogen and oxygen atoms in total. The van der Waals surface area contributed by atoms with E-state index in [2.05, 4.69) is 15.6 Å². The number of pyridine rings is 1. The van der Waals surface area contributed by atoms with E-state index in [-0.39, 0.29) is 67.3 Å². The molecule has 2 unspecified atom stereocenters. The van der Waals surface area contributed by atoms with Gasteiger partial charge in [0.15, 0.2) is 11.6 Å². The van der Waals surface area contributed by atoms with Gasteiger partial charge >= 0.3 is 6.18 Å². The predicted molar refractivity (Wildman–Crippen MR) is 223 cm³/mol. The number of fused-ring (bicyclic) bond motifs is 1. The lowest BCUT2D eigenvalue weighted by Crippen LogP contribution is -2.46. The number of likely N-dealkylation sites (N-methyl/N-ethyl adjacent to an activating group) is 1. The van der Waals surface area contributed by atoms with Crippen molar-refractivity contribution in [2.75, 3.05) is 27.3 Å². The van der Waals surface area contributed by atoms with Crippen molar-refractivity contribution in [1.82, 2.24) is 20.5 Å². The number of Topliss-reactive ketones (excluding diaryl/α,β-unsaturated/α-hetero) is 2. The number of halogens is 3. The standard InChI is InChI=1S/C47H53F3N4O8/c1-54(21-6-4-3-5-7-22-62-34-17-18-35-37(26-34)44(58)42(43(35)57)36-19-20-40(55)53-45(36)59)41(56)24-30-9-8-10-31(23-30)27-52-46(60)38-25-32(39(61-2)28-51-38)14-11-29-12-15-33(16-13-29)47(48,49)50/h8-11,14,17-18,23,25-26,28-29,33,36,42H,3-7,12-13,15-16,19-22,24,27H2,1-2H3,(H,52,60)(H,53,55,59)/b14-11+. The number of allylic oxidation sites excluding steroid dienone is 1. The number of ether oxygens (including phenoxy) is 2. The summed E-state index contributed by atoms with van der Waals surface area (Å²) in [5.41, 5.74) is 2.94. The molecule has 1 saturated heterocycles. The number of alkyl halides is 3. The Labute approximate surface area is 359 Å². The number of ketones is 2. The van der Waals surface area contributed by atoms with Crippen LogP contribution < -0.4 is 20.1 Å². The second-order valence-corrected chi connectivity index (χ2v) is 16.4. The summed E-state index contributed by atoms with van der Waals surface area (Å²) in [6.45, 7) is 1.25. The minimum Gasteiger partial charge on any atom is -0.495 e. The van der Waals surface area contributed by atoms with E-state index in [4.69, 9.17) is 9.47 Å². The number of imide groups is 1. The van der Waals surface area contributed by atoms with Gasteiger partial charge in [0, 0.05) is 43.2 Å². The van der Waals surface area contributed by atoms with E-state index in [9.17, 15) is 41.9 Å². The van der Waals surface area contributed by atoms with E-state index >= 15 is 0 Å². The fraction of sp³-hybridized carbons (Fsp3) is 0.468. The molecule has 0 spiro atoms. The second kappa shape index (κ2) is 20.8. The van der Waals surface area contributed by atoms with E-state index < -0.39 is 53.2 Å². The van der Waals surface area contributed by atoms with Gasteiger partial charge in [-0.1, -0.05) is 55.7 Å². The van der Waals surface area contributed by atoms with Gasteiger partial charge in [-0.2, -0.15) is 13.2 Å². The van der Waals surface area contributed by atoms with Crippen LogP contribution in [0, 0.1) is 23.7 Å². The van der Waals surface area contributed by atoms with Crippen LogP contribution >= 0.6 is 0 Å². The van der Waals surface area contributed by atoms with Crippen LogP contribution in [0.15, 0.2) is 60.8 Å². The Morgan fingerprint density at radius 2 is 1.63 bits per heavy atom. The van der Waals surface area contributed by atoms with Crippen LogP contribution in [0.3, 0.4) is 0 Å². The number of aromatic nitrogens is 1. The molecule has 1 aromatic heterocycles. The number of benzene rings is 2. The Morgan fingerprint density at radius 3 is 2.37 bits per heavy atom. The largest absolute Gasteiger partial charge is 0.495 e. The van der Waals surface area contributed by atoms with Crippen molar-refractivity contribution >= 4 is 41.3 Å². The average molecular weight is 859 g/mol. The van der Waals surface area contributed by atoms with Crippen molar-refractivity contribution in [2.24, 2.45) is 23.7 Å². The van der Waals surface area contributed by atoms with Crippen LogP contribution in [0.25, 0.3) is 6.08 Å². The molecule has 2 fully saturated rings. The fourth-order valence-corrected chi connectivity index (χ4v) is 8.37. The van der Waals surface area contributed by atoms with E-state index in [1.54, 1.807) is 42.3 Å². The Morgan fingerprint density at radius 1 is 0.903 bits per heavy atom. The van der Waals surface area contributed by atoms with Gasteiger partial charge in [-0.25, -0.2) is 4.98 Å². The molecule has 2 heterocycles. The minimum absolute atomic E-state index is 0.00897. The number of hydrogen-bond acceptors (Lipinski definition) is 9. The molecule has 6 rings (SSSR count). The maximum Gasteiger partial charge on any atom is 0.391 e. The SMILES string of the molecule is COc1cnc(C(=O)NCc2cccc(CC(=O)N(C)CCCCCCCOc3ccc4c(c3)C(=O)C(C3CCC(=O)NC3=O)C4=O)c2)cc1/C=C/C1CCC(C(F)(F)F)CC1. The predicted octanol–water partition coefficient (Wildman–Crippen LogP) is 7.48. The first-order valence-electron chi connectivity index (χ1n) is 21.3. The fourth-order valence-electron chi connectivity index (χ4n) is 8.37. The Bertz CT molecular complexity index is 2180.